The number of nitrogens with zero attached hydrogens (tertiary/aromatic N) is 4. The Kier molecular flexibility index (Phi) is 5.20. The average Bonchev–Trinajstić information content (AvgIpc) is 2.93. The Morgan fingerprint density at radius 3 is 2.60 bits per heavy atom. The van der Waals surface area contributed by atoms with Crippen LogP contribution >= 0.6 is 0 Å². The maximum atomic E-state index is 14.6. The number of aryl methyl sites for hydroxylation is 1. The van der Waals surface area contributed by atoms with Gasteiger partial charge in [-0.15, -0.1) is 0 Å². The topological polar surface area (TPSA) is 84.9 Å². The number of carbonyl (C=O) groups excluding carboxylic acids is 2. The fourth-order valence-electron chi connectivity index (χ4n) is 3.68. The summed E-state index contributed by atoms with van der Waals surface area (Å²) in [4.78, 5) is 35.8. The number of carbonyl (C=O) groups is 2. The summed E-state index contributed by atoms with van der Waals surface area (Å²) < 4.78 is 39.8. The number of hydrogen-bond donors (Lipinski definition) is 0. The number of hydrogen-bond acceptors (Lipinski definition) is 6. The van der Waals surface area contributed by atoms with Crippen molar-refractivity contribution in [2.75, 3.05) is 37.7 Å². The molecule has 2 saturated heterocycles. The third-order valence-corrected chi connectivity index (χ3v) is 5.07. The first-order chi connectivity index (χ1) is 14.3. The van der Waals surface area contributed by atoms with E-state index in [1.807, 2.05) is 0 Å². The van der Waals surface area contributed by atoms with Crippen molar-refractivity contribution < 1.29 is 27.8 Å². The van der Waals surface area contributed by atoms with Crippen LogP contribution in [0.25, 0.3) is 0 Å². The molecule has 4 rings (SSSR count). The highest BCUT2D eigenvalue weighted by atomic mass is 19.3. The van der Waals surface area contributed by atoms with Crippen molar-refractivity contribution in [2.45, 2.75) is 18.6 Å². The van der Waals surface area contributed by atoms with Gasteiger partial charge < -0.3 is 14.5 Å². The number of alkyl halides is 2. The molecular weight excluding hydrogens is 398 g/mol. The van der Waals surface area contributed by atoms with Crippen molar-refractivity contribution >= 4 is 17.5 Å². The first-order valence-corrected chi connectivity index (χ1v) is 9.41. The summed E-state index contributed by atoms with van der Waals surface area (Å²) in [7, 11) is 0. The predicted molar refractivity (Wildman–Crippen MR) is 101 cm³/mol. The van der Waals surface area contributed by atoms with Crippen molar-refractivity contribution in [1.82, 2.24) is 14.9 Å². The SMILES string of the molecule is Cc1nccnc1C(=O)N1CCOCC2(C1)CN(c1ccccc1)C(=O)C(F)(F)O2. The minimum absolute atomic E-state index is 0.133. The molecule has 8 nitrogen and oxygen atoms in total. The Hall–Kier alpha value is -2.98. The number of halogens is 2. The van der Waals surface area contributed by atoms with Gasteiger partial charge in [0.2, 0.25) is 0 Å². The normalized spacial score (nSPS) is 24.0. The molecule has 0 aliphatic carbocycles. The number of benzene rings is 1. The van der Waals surface area contributed by atoms with Crippen LogP contribution in [-0.4, -0.2) is 71.2 Å². The molecule has 0 N–H and O–H groups in total. The maximum absolute atomic E-state index is 14.6. The van der Waals surface area contributed by atoms with Gasteiger partial charge in [0.1, 0.15) is 11.3 Å². The molecule has 2 aliphatic rings. The van der Waals surface area contributed by atoms with Crippen LogP contribution in [0.2, 0.25) is 0 Å². The highest BCUT2D eigenvalue weighted by Crippen LogP contribution is 2.37. The van der Waals surface area contributed by atoms with Crippen LogP contribution in [-0.2, 0) is 14.3 Å². The van der Waals surface area contributed by atoms with Gasteiger partial charge in [0.05, 0.1) is 32.0 Å². The lowest BCUT2D eigenvalue weighted by Gasteiger charge is -2.45. The third kappa shape index (κ3) is 3.75. The zero-order valence-corrected chi connectivity index (χ0v) is 16.3. The van der Waals surface area contributed by atoms with Crippen LogP contribution < -0.4 is 4.90 Å². The number of rotatable bonds is 2. The third-order valence-electron chi connectivity index (χ3n) is 5.07. The maximum Gasteiger partial charge on any atom is 0.437 e. The molecule has 1 aromatic carbocycles. The van der Waals surface area contributed by atoms with Crippen molar-refractivity contribution in [3.8, 4) is 0 Å². The molecule has 2 fully saturated rings. The fraction of sp³-hybridized carbons (Fsp3) is 0.400. The van der Waals surface area contributed by atoms with Crippen LogP contribution in [0.1, 0.15) is 16.2 Å². The van der Waals surface area contributed by atoms with Crippen molar-refractivity contribution in [1.29, 1.82) is 0 Å². The largest absolute Gasteiger partial charge is 0.437 e. The van der Waals surface area contributed by atoms with E-state index in [0.29, 0.717) is 11.4 Å². The van der Waals surface area contributed by atoms with Gasteiger partial charge in [0, 0.05) is 24.6 Å². The van der Waals surface area contributed by atoms with Gasteiger partial charge in [-0.1, -0.05) is 18.2 Å². The summed E-state index contributed by atoms with van der Waals surface area (Å²) in [6.07, 6.45) is -1.20. The lowest BCUT2D eigenvalue weighted by atomic mass is 10.00. The summed E-state index contributed by atoms with van der Waals surface area (Å²) >= 11 is 0. The second kappa shape index (κ2) is 7.69. The molecule has 2 amide bonds. The Labute approximate surface area is 171 Å². The zero-order chi connectivity index (χ0) is 21.4. The minimum atomic E-state index is -4.06. The number of morpholine rings is 1. The average molecular weight is 418 g/mol. The highest BCUT2D eigenvalue weighted by Gasteiger charge is 2.58. The van der Waals surface area contributed by atoms with Gasteiger partial charge in [0.25, 0.3) is 5.91 Å². The lowest BCUT2D eigenvalue weighted by molar-refractivity contribution is -0.293. The van der Waals surface area contributed by atoms with Gasteiger partial charge in [-0.2, -0.15) is 8.78 Å². The van der Waals surface area contributed by atoms with E-state index >= 15 is 0 Å². The number of para-hydroxylation sites is 1. The molecule has 1 spiro atoms. The van der Waals surface area contributed by atoms with E-state index in [0.717, 1.165) is 4.90 Å². The van der Waals surface area contributed by atoms with Crippen LogP contribution in [0.3, 0.4) is 0 Å². The van der Waals surface area contributed by atoms with Crippen molar-refractivity contribution in [3.63, 3.8) is 0 Å². The standard InChI is InChI=1S/C20H20F2N4O4/c1-14-16(24-8-7-23-14)17(27)25-9-10-29-13-19(11-25)12-26(15-5-3-2-4-6-15)18(28)20(21,22)30-19/h2-8H,9-13H2,1H3. The summed E-state index contributed by atoms with van der Waals surface area (Å²) in [6, 6.07) is 8.16. The van der Waals surface area contributed by atoms with Crippen molar-refractivity contribution in [2.24, 2.45) is 0 Å². The Balaban J connectivity index is 1.66. The van der Waals surface area contributed by atoms with E-state index in [9.17, 15) is 18.4 Å². The van der Waals surface area contributed by atoms with E-state index in [-0.39, 0.29) is 38.5 Å². The number of anilines is 1. The van der Waals surface area contributed by atoms with Crippen LogP contribution in [0.4, 0.5) is 14.5 Å². The molecule has 10 heteroatoms. The molecule has 1 aromatic heterocycles. The minimum Gasteiger partial charge on any atom is -0.376 e. The highest BCUT2D eigenvalue weighted by molar-refractivity contribution is 5.98. The molecular formula is C20H20F2N4O4. The Morgan fingerprint density at radius 2 is 1.87 bits per heavy atom. The molecule has 1 unspecified atom stereocenters. The zero-order valence-electron chi connectivity index (χ0n) is 16.3. The van der Waals surface area contributed by atoms with Crippen LogP contribution in [0, 0.1) is 6.92 Å². The summed E-state index contributed by atoms with van der Waals surface area (Å²) in [5.41, 5.74) is -0.724. The number of aromatic nitrogens is 2. The van der Waals surface area contributed by atoms with E-state index in [1.165, 1.54) is 17.3 Å². The Bertz CT molecular complexity index is 959. The van der Waals surface area contributed by atoms with Gasteiger partial charge >= 0.3 is 12.0 Å². The second-order valence-corrected chi connectivity index (χ2v) is 7.30. The number of amides is 2. The van der Waals surface area contributed by atoms with E-state index in [4.69, 9.17) is 9.47 Å². The monoisotopic (exact) mass is 418 g/mol. The molecule has 2 aromatic rings. The molecule has 2 aliphatic heterocycles. The van der Waals surface area contributed by atoms with E-state index < -0.39 is 23.5 Å². The van der Waals surface area contributed by atoms with E-state index in [2.05, 4.69) is 9.97 Å². The first-order valence-electron chi connectivity index (χ1n) is 9.41. The fourth-order valence-corrected chi connectivity index (χ4v) is 3.68. The van der Waals surface area contributed by atoms with Gasteiger partial charge in [0.15, 0.2) is 0 Å². The summed E-state index contributed by atoms with van der Waals surface area (Å²) in [6.45, 7) is 1.39. The summed E-state index contributed by atoms with van der Waals surface area (Å²) in [5.74, 6) is -1.91. The van der Waals surface area contributed by atoms with Gasteiger partial charge in [-0.3, -0.25) is 19.3 Å². The van der Waals surface area contributed by atoms with Gasteiger partial charge in [-0.25, -0.2) is 4.98 Å². The Morgan fingerprint density at radius 1 is 1.13 bits per heavy atom. The first kappa shape index (κ1) is 20.3. The molecule has 0 radical (unpaired) electrons. The van der Waals surface area contributed by atoms with E-state index in [1.54, 1.807) is 37.3 Å². The molecule has 0 bridgehead atoms. The molecule has 3 heterocycles. The number of ether oxygens (including phenoxy) is 2. The molecule has 158 valence electrons. The second-order valence-electron chi connectivity index (χ2n) is 7.30. The predicted octanol–water partition coefficient (Wildman–Crippen LogP) is 1.65. The molecule has 0 saturated carbocycles. The summed E-state index contributed by atoms with van der Waals surface area (Å²) in [5, 5.41) is 0. The van der Waals surface area contributed by atoms with Crippen LogP contribution in [0.15, 0.2) is 42.7 Å². The molecule has 30 heavy (non-hydrogen) atoms. The quantitative estimate of drug-likeness (QED) is 0.738. The van der Waals surface area contributed by atoms with Crippen LogP contribution in [0.5, 0.6) is 0 Å². The lowest BCUT2D eigenvalue weighted by Crippen LogP contribution is -2.66. The molecule has 1 atom stereocenters. The van der Waals surface area contributed by atoms with Gasteiger partial charge in [-0.05, 0) is 19.1 Å². The van der Waals surface area contributed by atoms with Crippen molar-refractivity contribution in [3.05, 3.63) is 54.1 Å². The smallest absolute Gasteiger partial charge is 0.376 e.